The van der Waals surface area contributed by atoms with E-state index in [1.165, 1.54) is 47.9 Å². The lowest BCUT2D eigenvalue weighted by Gasteiger charge is -2.43. The standard InChI is InChI=1S/C63H63F6N9O8/c1-6-85-58(81)52-38(3)77(50-18-10-16-46(34-50)62(64,65)66)60(83)75(54(52)42-20-24-48(70)25-21-42)36-40-12-8-14-44(32-40)56(79)72-28-30-74(5)31-29-73-57(80)45-15-9-13-41(33-45)37-76-55(43-22-26-49(71)27-23-43)53(59(82)86-7-2)39(4)78(61(76)84)51-19-11-17-47(35-51)63(67,68)69/h8-27,32-35,54-55H,6-7,28-31,36-37,70-71H2,1-5H3,(H,72,79)(H,73,80). The van der Waals surface area contributed by atoms with Gasteiger partial charge in [0.2, 0.25) is 0 Å². The number of anilines is 4. The molecule has 17 nitrogen and oxygen atoms in total. The quantitative estimate of drug-likeness (QED) is 0.0321. The summed E-state index contributed by atoms with van der Waals surface area (Å²) in [6.07, 6.45) is -9.47. The van der Waals surface area contributed by atoms with Crippen molar-refractivity contribution in [1.29, 1.82) is 0 Å². The molecule has 0 bridgehead atoms. The van der Waals surface area contributed by atoms with Crippen LogP contribution in [0.2, 0.25) is 0 Å². The fourth-order valence-corrected chi connectivity index (χ4v) is 10.3. The molecule has 2 unspecified atom stereocenters. The van der Waals surface area contributed by atoms with Crippen LogP contribution in [0.4, 0.5) is 58.7 Å². The lowest BCUT2D eigenvalue weighted by Crippen LogP contribution is -2.50. The zero-order valence-electron chi connectivity index (χ0n) is 47.6. The zero-order valence-corrected chi connectivity index (χ0v) is 47.6. The van der Waals surface area contributed by atoms with E-state index in [1.54, 1.807) is 118 Å². The number of ether oxygens (including phenoxy) is 2. The fraction of sp³-hybridized carbons (Fsp3) is 0.270. The summed E-state index contributed by atoms with van der Waals surface area (Å²) in [5.74, 6) is -2.50. The molecule has 2 aliphatic heterocycles. The Morgan fingerprint density at radius 1 is 0.535 bits per heavy atom. The predicted octanol–water partition coefficient (Wildman–Crippen LogP) is 11.0. The highest BCUT2D eigenvalue weighted by molar-refractivity contribution is 6.05. The van der Waals surface area contributed by atoms with Crippen LogP contribution in [0.1, 0.15) is 93.9 Å². The van der Waals surface area contributed by atoms with Crippen LogP contribution in [0.5, 0.6) is 0 Å². The van der Waals surface area contributed by atoms with Gasteiger partial charge in [0.1, 0.15) is 0 Å². The summed E-state index contributed by atoms with van der Waals surface area (Å²) in [4.78, 5) is 91.2. The maximum Gasteiger partial charge on any atom is 0.416 e. The number of carbonyl (C=O) groups excluding carboxylic acids is 6. The summed E-state index contributed by atoms with van der Waals surface area (Å²) in [7, 11) is 1.78. The third-order valence-corrected chi connectivity index (χ3v) is 14.5. The molecule has 6 aromatic rings. The van der Waals surface area contributed by atoms with Crippen LogP contribution in [0, 0.1) is 0 Å². The van der Waals surface area contributed by atoms with E-state index in [0.29, 0.717) is 46.7 Å². The number of rotatable bonds is 20. The number of alkyl halides is 6. The minimum absolute atomic E-state index is 0.00399. The monoisotopic (exact) mass is 1190 g/mol. The number of nitrogens with one attached hydrogen (secondary N) is 2. The van der Waals surface area contributed by atoms with Gasteiger partial charge in [-0.15, -0.1) is 0 Å². The molecule has 0 radical (unpaired) electrons. The molecule has 2 atom stereocenters. The van der Waals surface area contributed by atoms with Crippen molar-refractivity contribution < 1.29 is 64.6 Å². The largest absolute Gasteiger partial charge is 0.463 e. The van der Waals surface area contributed by atoms with Crippen LogP contribution in [-0.4, -0.2) is 97.0 Å². The molecule has 2 heterocycles. The van der Waals surface area contributed by atoms with Gasteiger partial charge in [-0.25, -0.2) is 19.2 Å². The lowest BCUT2D eigenvalue weighted by atomic mass is 9.92. The van der Waals surface area contributed by atoms with Crippen molar-refractivity contribution in [2.45, 2.75) is 65.2 Å². The van der Waals surface area contributed by atoms with Crippen LogP contribution >= 0.6 is 0 Å². The molecular formula is C63H63F6N9O8. The van der Waals surface area contributed by atoms with E-state index in [-0.39, 0.29) is 84.4 Å². The molecule has 0 fully saturated rings. The summed E-state index contributed by atoms with van der Waals surface area (Å²) in [5.41, 5.74) is 13.0. The van der Waals surface area contributed by atoms with Crippen LogP contribution in [0.25, 0.3) is 0 Å². The number of likely N-dealkylation sites (N-methyl/N-ethyl adjacent to an activating group) is 1. The SMILES string of the molecule is CCOC(=O)C1=C(C)N(c2cccc(C(F)(F)F)c2)C(=O)N(Cc2cccc(C(=O)NCCN(C)CCNC(=O)c3cccc(CN4C(=O)N(c5cccc(C(F)(F)F)c5)C(C)=C(C(=O)OCC)C4c4ccc(N)cc4)c3)c2)C1c1ccc(N)cc1. The molecular weight excluding hydrogens is 1120 g/mol. The minimum Gasteiger partial charge on any atom is -0.463 e. The molecule has 450 valence electrons. The number of allylic oxidation sites excluding steroid dienone is 2. The van der Waals surface area contributed by atoms with Gasteiger partial charge in [0.15, 0.2) is 0 Å². The second-order valence-corrected chi connectivity index (χ2v) is 20.4. The van der Waals surface area contributed by atoms with Crippen molar-refractivity contribution in [3.8, 4) is 0 Å². The van der Waals surface area contributed by atoms with Crippen molar-refractivity contribution in [1.82, 2.24) is 25.3 Å². The number of nitrogens with two attached hydrogens (primary N) is 2. The number of amides is 6. The number of esters is 2. The van der Waals surface area contributed by atoms with Crippen molar-refractivity contribution in [3.05, 3.63) is 213 Å². The van der Waals surface area contributed by atoms with E-state index in [2.05, 4.69) is 10.6 Å². The molecule has 6 aromatic carbocycles. The summed E-state index contributed by atoms with van der Waals surface area (Å²) in [6.45, 7) is 6.67. The van der Waals surface area contributed by atoms with Crippen LogP contribution in [-0.2, 0) is 44.5 Å². The topological polar surface area (TPSA) is 213 Å². The summed E-state index contributed by atoms with van der Waals surface area (Å²) >= 11 is 0. The maximum atomic E-state index is 14.8. The highest BCUT2D eigenvalue weighted by atomic mass is 19.4. The first-order valence-corrected chi connectivity index (χ1v) is 27.4. The van der Waals surface area contributed by atoms with Crippen molar-refractivity contribution in [2.75, 3.05) is 67.7 Å². The number of benzene rings is 6. The summed E-state index contributed by atoms with van der Waals surface area (Å²) in [5, 5.41) is 5.76. The molecule has 86 heavy (non-hydrogen) atoms. The molecule has 0 aliphatic carbocycles. The first-order chi connectivity index (χ1) is 40.9. The van der Waals surface area contributed by atoms with Crippen molar-refractivity contribution in [2.24, 2.45) is 0 Å². The third-order valence-electron chi connectivity index (χ3n) is 14.5. The second-order valence-electron chi connectivity index (χ2n) is 20.4. The van der Waals surface area contributed by atoms with E-state index in [9.17, 15) is 55.1 Å². The van der Waals surface area contributed by atoms with Gasteiger partial charge in [-0.2, -0.15) is 26.3 Å². The maximum absolute atomic E-state index is 14.8. The van der Waals surface area contributed by atoms with Gasteiger partial charge < -0.3 is 46.3 Å². The van der Waals surface area contributed by atoms with Gasteiger partial charge in [0.25, 0.3) is 11.8 Å². The van der Waals surface area contributed by atoms with Crippen molar-refractivity contribution in [3.63, 3.8) is 0 Å². The van der Waals surface area contributed by atoms with E-state index < -0.39 is 71.4 Å². The van der Waals surface area contributed by atoms with E-state index in [1.807, 2.05) is 4.90 Å². The third kappa shape index (κ3) is 14.1. The number of nitrogens with zero attached hydrogens (tertiary/aromatic N) is 5. The molecule has 23 heteroatoms. The molecule has 8 rings (SSSR count). The first-order valence-electron chi connectivity index (χ1n) is 27.4. The normalized spacial score (nSPS) is 15.8. The molecule has 0 spiro atoms. The Kier molecular flexibility index (Phi) is 19.2. The Morgan fingerprint density at radius 2 is 0.895 bits per heavy atom. The minimum atomic E-state index is -4.74. The van der Waals surface area contributed by atoms with Gasteiger partial charge in [0.05, 0.1) is 58.9 Å². The van der Waals surface area contributed by atoms with Gasteiger partial charge in [0, 0.05) is 73.2 Å². The first kappa shape index (κ1) is 62.4. The van der Waals surface area contributed by atoms with Crippen LogP contribution in [0.15, 0.2) is 168 Å². The Morgan fingerprint density at radius 3 is 1.24 bits per heavy atom. The van der Waals surface area contributed by atoms with E-state index in [0.717, 1.165) is 34.1 Å². The molecule has 0 saturated heterocycles. The Balaban J connectivity index is 0.928. The average molecular weight is 1190 g/mol. The Bertz CT molecular complexity index is 3360. The summed E-state index contributed by atoms with van der Waals surface area (Å²) < 4.78 is 94.9. The van der Waals surface area contributed by atoms with Gasteiger partial charge in [-0.3, -0.25) is 19.4 Å². The fourth-order valence-electron chi connectivity index (χ4n) is 10.3. The van der Waals surface area contributed by atoms with Gasteiger partial charge in [-0.1, -0.05) is 60.7 Å². The summed E-state index contributed by atoms with van der Waals surface area (Å²) in [6, 6.07) is 30.5. The van der Waals surface area contributed by atoms with E-state index in [4.69, 9.17) is 20.9 Å². The van der Waals surface area contributed by atoms with Crippen molar-refractivity contribution >= 4 is 58.6 Å². The number of urea groups is 2. The average Bonchev–Trinajstić information content (AvgIpc) is 0.845. The van der Waals surface area contributed by atoms with Crippen LogP contribution in [0.3, 0.4) is 0 Å². The number of carbonyl (C=O) groups is 6. The molecule has 0 saturated carbocycles. The number of hydrogen-bond donors (Lipinski definition) is 4. The molecule has 0 aromatic heterocycles. The number of hydrogen-bond acceptors (Lipinski definition) is 11. The van der Waals surface area contributed by atoms with Gasteiger partial charge in [-0.05, 0) is 142 Å². The Labute approximate surface area is 492 Å². The zero-order chi connectivity index (χ0) is 62.2. The number of nitrogen functional groups attached to an aromatic ring is 2. The van der Waals surface area contributed by atoms with Crippen LogP contribution < -0.4 is 31.9 Å². The molecule has 6 amide bonds. The molecule has 2 aliphatic rings. The van der Waals surface area contributed by atoms with E-state index >= 15 is 0 Å². The smallest absolute Gasteiger partial charge is 0.416 e. The predicted molar refractivity (Wildman–Crippen MR) is 311 cm³/mol. The Hall–Kier alpha value is -9.64. The highest BCUT2D eigenvalue weighted by Gasteiger charge is 2.46. The van der Waals surface area contributed by atoms with Gasteiger partial charge >= 0.3 is 36.4 Å². The number of halogens is 6. The highest BCUT2D eigenvalue weighted by Crippen LogP contribution is 2.44. The lowest BCUT2D eigenvalue weighted by molar-refractivity contribution is -0.140. The molecule has 6 N–H and O–H groups in total. The second kappa shape index (κ2) is 26.5.